The molecular formula is C20H34N2O. The monoisotopic (exact) mass is 318 g/mol. The third kappa shape index (κ3) is 6.50. The minimum atomic E-state index is 0.465. The fourth-order valence-electron chi connectivity index (χ4n) is 3.19. The standard InChI is InChI=1S/C20H34N2O/c1-3-5-6-12-19(4-2)23-16-8-7-11-18-14-13-17-10-9-15-21-20(17)22-18/h13-14,19H,3-12,15-16H2,1-2H3,(H,21,22). The van der Waals surface area contributed by atoms with Crippen LogP contribution in [0.2, 0.25) is 0 Å². The van der Waals surface area contributed by atoms with Crippen LogP contribution in [-0.2, 0) is 17.6 Å². The van der Waals surface area contributed by atoms with Crippen molar-refractivity contribution in [3.8, 4) is 0 Å². The molecular weight excluding hydrogens is 284 g/mol. The molecule has 1 aromatic rings. The molecule has 2 heterocycles. The number of hydrogen-bond acceptors (Lipinski definition) is 3. The quantitative estimate of drug-likeness (QED) is 0.574. The summed E-state index contributed by atoms with van der Waals surface area (Å²) in [4.78, 5) is 4.76. The van der Waals surface area contributed by atoms with Crippen molar-refractivity contribution in [3.63, 3.8) is 0 Å². The molecule has 1 unspecified atom stereocenters. The van der Waals surface area contributed by atoms with Gasteiger partial charge in [-0.25, -0.2) is 4.98 Å². The first-order valence-corrected chi connectivity index (χ1v) is 9.67. The van der Waals surface area contributed by atoms with Gasteiger partial charge in [-0.2, -0.15) is 0 Å². The van der Waals surface area contributed by atoms with E-state index in [1.807, 2.05) is 0 Å². The van der Waals surface area contributed by atoms with E-state index in [0.29, 0.717) is 6.10 Å². The fraction of sp³-hybridized carbons (Fsp3) is 0.750. The Morgan fingerprint density at radius 3 is 2.91 bits per heavy atom. The van der Waals surface area contributed by atoms with Crippen LogP contribution in [0.3, 0.4) is 0 Å². The van der Waals surface area contributed by atoms with Crippen LogP contribution in [0.25, 0.3) is 0 Å². The third-order valence-corrected chi connectivity index (χ3v) is 4.72. The Kier molecular flexibility index (Phi) is 8.44. The van der Waals surface area contributed by atoms with E-state index in [1.54, 1.807) is 0 Å². The number of unbranched alkanes of at least 4 members (excludes halogenated alkanes) is 3. The topological polar surface area (TPSA) is 34.1 Å². The van der Waals surface area contributed by atoms with E-state index < -0.39 is 0 Å². The van der Waals surface area contributed by atoms with Gasteiger partial charge in [-0.3, -0.25) is 0 Å². The molecule has 0 aliphatic carbocycles. The number of nitrogens with zero attached hydrogens (tertiary/aromatic N) is 1. The maximum Gasteiger partial charge on any atom is 0.129 e. The normalized spacial score (nSPS) is 15.0. The van der Waals surface area contributed by atoms with Crippen LogP contribution in [0, 0.1) is 0 Å². The van der Waals surface area contributed by atoms with Gasteiger partial charge in [-0.1, -0.05) is 39.2 Å². The van der Waals surface area contributed by atoms with E-state index >= 15 is 0 Å². The zero-order chi connectivity index (χ0) is 16.3. The second kappa shape index (κ2) is 10.6. The number of nitrogens with one attached hydrogen (secondary N) is 1. The molecule has 2 rings (SSSR count). The Balaban J connectivity index is 1.61. The van der Waals surface area contributed by atoms with Gasteiger partial charge in [0.1, 0.15) is 5.82 Å². The lowest BCUT2D eigenvalue weighted by Gasteiger charge is -2.17. The number of ether oxygens (including phenoxy) is 1. The fourth-order valence-corrected chi connectivity index (χ4v) is 3.19. The predicted molar refractivity (Wildman–Crippen MR) is 98.2 cm³/mol. The number of aryl methyl sites for hydroxylation is 2. The average Bonchev–Trinajstić information content (AvgIpc) is 2.60. The average molecular weight is 319 g/mol. The molecule has 1 N–H and O–H groups in total. The second-order valence-electron chi connectivity index (χ2n) is 6.69. The van der Waals surface area contributed by atoms with Gasteiger partial charge in [-0.05, 0) is 56.6 Å². The Morgan fingerprint density at radius 1 is 1.17 bits per heavy atom. The number of pyridine rings is 1. The predicted octanol–water partition coefficient (Wildman–Crippen LogP) is 5.14. The first kappa shape index (κ1) is 18.3. The van der Waals surface area contributed by atoms with E-state index in [1.165, 1.54) is 49.8 Å². The van der Waals surface area contributed by atoms with Crippen molar-refractivity contribution in [2.45, 2.75) is 84.2 Å². The van der Waals surface area contributed by atoms with Crippen LogP contribution >= 0.6 is 0 Å². The zero-order valence-electron chi connectivity index (χ0n) is 15.1. The molecule has 0 aromatic carbocycles. The van der Waals surface area contributed by atoms with Crippen LogP contribution in [0.15, 0.2) is 12.1 Å². The minimum Gasteiger partial charge on any atom is -0.378 e. The summed E-state index contributed by atoms with van der Waals surface area (Å²) in [6.07, 6.45) is 12.5. The number of fused-ring (bicyclic) bond motifs is 1. The zero-order valence-corrected chi connectivity index (χ0v) is 15.1. The first-order chi connectivity index (χ1) is 11.3. The van der Waals surface area contributed by atoms with Gasteiger partial charge in [-0.15, -0.1) is 0 Å². The molecule has 0 bridgehead atoms. The highest BCUT2D eigenvalue weighted by molar-refractivity contribution is 5.46. The number of aromatic nitrogens is 1. The summed E-state index contributed by atoms with van der Waals surface area (Å²) in [5.74, 6) is 1.12. The van der Waals surface area contributed by atoms with Crippen molar-refractivity contribution in [2.75, 3.05) is 18.5 Å². The van der Waals surface area contributed by atoms with Gasteiger partial charge in [0.25, 0.3) is 0 Å². The lowest BCUT2D eigenvalue weighted by molar-refractivity contribution is 0.0410. The summed E-state index contributed by atoms with van der Waals surface area (Å²) in [6, 6.07) is 4.45. The smallest absolute Gasteiger partial charge is 0.129 e. The Labute approximate surface area is 142 Å². The molecule has 1 aromatic heterocycles. The lowest BCUT2D eigenvalue weighted by Crippen LogP contribution is -2.14. The molecule has 0 amide bonds. The van der Waals surface area contributed by atoms with Crippen molar-refractivity contribution >= 4 is 5.82 Å². The molecule has 130 valence electrons. The number of anilines is 1. The molecule has 1 aliphatic heterocycles. The number of hydrogen-bond donors (Lipinski definition) is 1. The van der Waals surface area contributed by atoms with Crippen LogP contribution in [0.4, 0.5) is 5.82 Å². The molecule has 0 fully saturated rings. The third-order valence-electron chi connectivity index (χ3n) is 4.72. The molecule has 1 atom stereocenters. The molecule has 0 spiro atoms. The van der Waals surface area contributed by atoms with Crippen LogP contribution in [0.5, 0.6) is 0 Å². The summed E-state index contributed by atoms with van der Waals surface area (Å²) in [5, 5.41) is 3.42. The summed E-state index contributed by atoms with van der Waals surface area (Å²) in [5.41, 5.74) is 2.59. The van der Waals surface area contributed by atoms with Gasteiger partial charge in [0.2, 0.25) is 0 Å². The minimum absolute atomic E-state index is 0.465. The summed E-state index contributed by atoms with van der Waals surface area (Å²) < 4.78 is 6.03. The summed E-state index contributed by atoms with van der Waals surface area (Å²) in [7, 11) is 0. The van der Waals surface area contributed by atoms with E-state index in [-0.39, 0.29) is 0 Å². The van der Waals surface area contributed by atoms with Gasteiger partial charge < -0.3 is 10.1 Å². The van der Waals surface area contributed by atoms with Crippen molar-refractivity contribution in [1.82, 2.24) is 4.98 Å². The van der Waals surface area contributed by atoms with E-state index in [0.717, 1.165) is 44.7 Å². The van der Waals surface area contributed by atoms with Crippen LogP contribution in [0.1, 0.15) is 76.5 Å². The van der Waals surface area contributed by atoms with Crippen molar-refractivity contribution in [1.29, 1.82) is 0 Å². The van der Waals surface area contributed by atoms with Crippen molar-refractivity contribution in [2.24, 2.45) is 0 Å². The lowest BCUT2D eigenvalue weighted by atomic mass is 10.1. The Morgan fingerprint density at radius 2 is 2.09 bits per heavy atom. The molecule has 0 radical (unpaired) electrons. The van der Waals surface area contributed by atoms with Gasteiger partial charge >= 0.3 is 0 Å². The Bertz CT molecular complexity index is 447. The van der Waals surface area contributed by atoms with E-state index in [2.05, 4.69) is 31.3 Å². The van der Waals surface area contributed by atoms with Crippen LogP contribution < -0.4 is 5.32 Å². The van der Waals surface area contributed by atoms with Crippen LogP contribution in [-0.4, -0.2) is 24.2 Å². The van der Waals surface area contributed by atoms with Crippen molar-refractivity contribution < 1.29 is 4.74 Å². The maximum absolute atomic E-state index is 6.03. The van der Waals surface area contributed by atoms with E-state index in [4.69, 9.17) is 9.72 Å². The first-order valence-electron chi connectivity index (χ1n) is 9.67. The summed E-state index contributed by atoms with van der Waals surface area (Å²) in [6.45, 7) is 6.45. The highest BCUT2D eigenvalue weighted by Gasteiger charge is 2.10. The molecule has 1 aliphatic rings. The van der Waals surface area contributed by atoms with Gasteiger partial charge in [0.15, 0.2) is 0 Å². The molecule has 0 saturated heterocycles. The van der Waals surface area contributed by atoms with Gasteiger partial charge in [0, 0.05) is 18.8 Å². The molecule has 3 nitrogen and oxygen atoms in total. The largest absolute Gasteiger partial charge is 0.378 e. The second-order valence-corrected chi connectivity index (χ2v) is 6.69. The molecule has 3 heteroatoms. The SMILES string of the molecule is CCCCCC(CC)OCCCCc1ccc2c(n1)NCCC2. The maximum atomic E-state index is 6.03. The van der Waals surface area contributed by atoms with Crippen molar-refractivity contribution in [3.05, 3.63) is 23.4 Å². The Hall–Kier alpha value is -1.09. The van der Waals surface area contributed by atoms with Gasteiger partial charge in [0.05, 0.1) is 6.10 Å². The number of rotatable bonds is 11. The molecule has 23 heavy (non-hydrogen) atoms. The molecule has 0 saturated carbocycles. The van der Waals surface area contributed by atoms with E-state index in [9.17, 15) is 0 Å². The summed E-state index contributed by atoms with van der Waals surface area (Å²) >= 11 is 0. The highest BCUT2D eigenvalue weighted by Crippen LogP contribution is 2.20. The highest BCUT2D eigenvalue weighted by atomic mass is 16.5.